The molecule has 0 radical (unpaired) electrons. The van der Waals surface area contributed by atoms with Crippen molar-refractivity contribution >= 4 is 41.4 Å². The monoisotopic (exact) mass is 788 g/mol. The smallest absolute Gasteiger partial charge is 0.410 e. The second-order valence-electron chi connectivity index (χ2n) is 16.4. The lowest BCUT2D eigenvalue weighted by molar-refractivity contribution is -0.140. The maximum Gasteiger partial charge on any atom is 0.410 e. The van der Waals surface area contributed by atoms with Gasteiger partial charge in [-0.1, -0.05) is 83.7 Å². The van der Waals surface area contributed by atoms with Gasteiger partial charge >= 0.3 is 6.09 Å². The highest BCUT2D eigenvalue weighted by atomic mass is 16.6. The van der Waals surface area contributed by atoms with Gasteiger partial charge in [0.25, 0.3) is 11.8 Å². The molecule has 5 atom stereocenters. The van der Waals surface area contributed by atoms with E-state index in [2.05, 4.69) is 36.6 Å². The lowest BCUT2D eigenvalue weighted by Crippen LogP contribution is -2.61. The van der Waals surface area contributed by atoms with Crippen LogP contribution in [0.25, 0.3) is 0 Å². The number of aromatic nitrogens is 2. The van der Waals surface area contributed by atoms with Crippen LogP contribution in [-0.2, 0) is 35.3 Å². The minimum absolute atomic E-state index is 0.0130. The van der Waals surface area contributed by atoms with E-state index >= 15 is 0 Å². The lowest BCUT2D eigenvalue weighted by atomic mass is 9.82. The molecule has 1 saturated heterocycles. The number of benzene rings is 1. The van der Waals surface area contributed by atoms with Crippen molar-refractivity contribution in [3.05, 3.63) is 60.2 Å². The lowest BCUT2D eigenvalue weighted by Gasteiger charge is -2.35. The Kier molecular flexibility index (Phi) is 14.7. The number of nitrogens with zero attached hydrogens (tertiary/aromatic N) is 3. The second kappa shape index (κ2) is 19.6. The highest BCUT2D eigenvalue weighted by Gasteiger charge is 2.45. The third kappa shape index (κ3) is 12.0. The summed E-state index contributed by atoms with van der Waals surface area (Å²) in [7, 11) is 0. The van der Waals surface area contributed by atoms with Crippen LogP contribution < -0.4 is 26.6 Å². The van der Waals surface area contributed by atoms with E-state index in [1.54, 1.807) is 20.8 Å². The zero-order chi connectivity index (χ0) is 41.1. The Morgan fingerprint density at radius 2 is 1.58 bits per heavy atom. The third-order valence-corrected chi connectivity index (χ3v) is 10.7. The van der Waals surface area contributed by atoms with Crippen molar-refractivity contribution in [1.29, 1.82) is 0 Å². The van der Waals surface area contributed by atoms with Crippen molar-refractivity contribution in [1.82, 2.24) is 41.5 Å². The number of rotatable bonds is 16. The molecular formula is C41H56N8O8. The fourth-order valence-electron chi connectivity index (χ4n) is 7.32. The van der Waals surface area contributed by atoms with E-state index in [4.69, 9.17) is 4.74 Å². The number of hydrogen-bond donors (Lipinski definition) is 5. The molecule has 1 aromatic carbocycles. The molecular weight excluding hydrogens is 732 g/mol. The molecule has 1 aliphatic heterocycles. The van der Waals surface area contributed by atoms with Crippen LogP contribution in [0.4, 0.5) is 4.79 Å². The molecule has 5 N–H and O–H groups in total. The Morgan fingerprint density at radius 3 is 2.21 bits per heavy atom. The molecule has 3 aliphatic rings. The summed E-state index contributed by atoms with van der Waals surface area (Å²) in [6.07, 6.45) is 9.97. The topological polar surface area (TPSA) is 218 Å². The fourth-order valence-corrected chi connectivity index (χ4v) is 7.32. The number of likely N-dealkylation sites (tertiary alicyclic amines) is 1. The second-order valence-corrected chi connectivity index (χ2v) is 16.4. The molecule has 1 unspecified atom stereocenters. The third-order valence-electron chi connectivity index (χ3n) is 10.7. The van der Waals surface area contributed by atoms with Crippen molar-refractivity contribution < 1.29 is 38.3 Å². The highest BCUT2D eigenvalue weighted by molar-refractivity contribution is 6.38. The summed E-state index contributed by atoms with van der Waals surface area (Å²) in [5.74, 6) is -5.05. The number of carbonyl (C=O) groups is 7. The molecule has 5 rings (SSSR count). The van der Waals surface area contributed by atoms with E-state index < -0.39 is 76.9 Å². The maximum atomic E-state index is 14.3. The summed E-state index contributed by atoms with van der Waals surface area (Å²) < 4.78 is 5.56. The van der Waals surface area contributed by atoms with E-state index in [1.165, 1.54) is 23.5 Å². The molecule has 16 heteroatoms. The van der Waals surface area contributed by atoms with E-state index in [-0.39, 0.29) is 43.8 Å². The van der Waals surface area contributed by atoms with Crippen LogP contribution in [0, 0.1) is 17.3 Å². The summed E-state index contributed by atoms with van der Waals surface area (Å²) in [5, 5.41) is 14.1. The van der Waals surface area contributed by atoms with Crippen molar-refractivity contribution in [2.24, 2.45) is 17.3 Å². The Morgan fingerprint density at radius 1 is 0.860 bits per heavy atom. The first kappa shape index (κ1) is 42.7. The Balaban J connectivity index is 1.34. The Hall–Kier alpha value is -5.41. The highest BCUT2D eigenvalue weighted by Crippen LogP contribution is 2.28. The van der Waals surface area contributed by atoms with Gasteiger partial charge in [0.15, 0.2) is 0 Å². The summed E-state index contributed by atoms with van der Waals surface area (Å²) in [4.78, 5) is 104. The zero-order valence-electron chi connectivity index (χ0n) is 33.3. The average molecular weight is 789 g/mol. The molecule has 16 nitrogen and oxygen atoms in total. The van der Waals surface area contributed by atoms with Gasteiger partial charge in [-0.3, -0.25) is 33.8 Å². The van der Waals surface area contributed by atoms with Gasteiger partial charge in [0.1, 0.15) is 24.4 Å². The predicted octanol–water partition coefficient (Wildman–Crippen LogP) is 2.57. The van der Waals surface area contributed by atoms with Crippen LogP contribution in [0.5, 0.6) is 0 Å². The molecule has 0 bridgehead atoms. The molecule has 0 spiro atoms. The predicted molar refractivity (Wildman–Crippen MR) is 208 cm³/mol. The van der Waals surface area contributed by atoms with Crippen LogP contribution in [0.3, 0.4) is 0 Å². The van der Waals surface area contributed by atoms with Crippen LogP contribution >= 0.6 is 0 Å². The van der Waals surface area contributed by atoms with Crippen molar-refractivity contribution in [3.8, 4) is 0 Å². The minimum Gasteiger partial charge on any atom is -0.445 e. The number of nitrogens with one attached hydrogen (secondary N) is 5. The number of Topliss-reactive ketones (excluding diaryl/α,β-unsaturated/α-hetero) is 1. The molecule has 2 heterocycles. The van der Waals surface area contributed by atoms with Crippen molar-refractivity contribution in [3.63, 3.8) is 0 Å². The van der Waals surface area contributed by atoms with Gasteiger partial charge in [-0.05, 0) is 49.0 Å². The van der Waals surface area contributed by atoms with Gasteiger partial charge in [-0.25, -0.2) is 9.78 Å². The molecule has 6 amide bonds. The van der Waals surface area contributed by atoms with Crippen LogP contribution in [0.1, 0.15) is 102 Å². The van der Waals surface area contributed by atoms with Gasteiger partial charge in [-0.15, -0.1) is 0 Å². The normalized spacial score (nSPS) is 20.0. The molecule has 3 fully saturated rings. The Labute approximate surface area is 333 Å². The van der Waals surface area contributed by atoms with Crippen LogP contribution in [0.15, 0.2) is 48.9 Å². The quantitative estimate of drug-likeness (QED) is 0.157. The minimum atomic E-state index is -1.13. The molecule has 308 valence electrons. The number of ketones is 1. The van der Waals surface area contributed by atoms with Gasteiger partial charge < -0.3 is 36.2 Å². The summed E-state index contributed by atoms with van der Waals surface area (Å²) in [6, 6.07) is 4.90. The van der Waals surface area contributed by atoms with Crippen molar-refractivity contribution in [2.45, 2.75) is 122 Å². The first-order valence-corrected chi connectivity index (χ1v) is 20.0. The maximum absolute atomic E-state index is 14.3. The van der Waals surface area contributed by atoms with E-state index in [0.29, 0.717) is 19.3 Å². The molecule has 2 aliphatic carbocycles. The zero-order valence-corrected chi connectivity index (χ0v) is 33.3. The standard InChI is InChI=1S/C41H56N8O8/c1-5-12-29(33(50)38(54)44-27-17-18-27)45-35(51)28-22-49(40(56)57-24-25-13-8-6-9-14-25)23-31(28)46-39(55)34(41(2,3)4)48-37(53)32(26-15-10-7-11-16-26)47-36(52)30-21-42-19-20-43-30/h6,8-9,13-14,19-21,26-29,31-32,34H,5,7,10-12,15-18,22-24H2,1-4H3,(H,44,54)(H,45,51)(H,46,55)(H,47,52)(H,48,53)/t28-,29+,31+,32+,34?/m1/s1. The number of amides is 6. The van der Waals surface area contributed by atoms with Crippen molar-refractivity contribution in [2.75, 3.05) is 13.1 Å². The molecule has 57 heavy (non-hydrogen) atoms. The average Bonchev–Trinajstić information content (AvgIpc) is 3.92. The molecule has 2 saturated carbocycles. The fraction of sp³-hybridized carbons (Fsp3) is 0.585. The number of carbonyl (C=O) groups excluding carboxylic acids is 7. The summed E-state index contributed by atoms with van der Waals surface area (Å²) in [6.45, 7) is 6.92. The van der Waals surface area contributed by atoms with E-state index in [9.17, 15) is 33.6 Å². The Bertz CT molecular complexity index is 1740. The summed E-state index contributed by atoms with van der Waals surface area (Å²) in [5.41, 5.74) is -0.0258. The van der Waals surface area contributed by atoms with Gasteiger partial charge in [0.05, 0.1) is 24.2 Å². The first-order chi connectivity index (χ1) is 27.2. The number of hydrogen-bond acceptors (Lipinski definition) is 10. The van der Waals surface area contributed by atoms with Gasteiger partial charge in [0, 0.05) is 31.5 Å². The largest absolute Gasteiger partial charge is 0.445 e. The van der Waals surface area contributed by atoms with Crippen LogP contribution in [0.2, 0.25) is 0 Å². The van der Waals surface area contributed by atoms with Gasteiger partial charge in [0.2, 0.25) is 23.5 Å². The van der Waals surface area contributed by atoms with Gasteiger partial charge in [-0.2, -0.15) is 0 Å². The number of ether oxygens (including phenoxy) is 1. The first-order valence-electron chi connectivity index (χ1n) is 20.0. The summed E-state index contributed by atoms with van der Waals surface area (Å²) >= 11 is 0. The SMILES string of the molecule is CCC[C@H](NC(=O)[C@@H]1CN(C(=O)OCc2ccccc2)C[C@@H]1NC(=O)C(NC(=O)[C@@H](NC(=O)c1cnccn1)C1CCCCC1)C(C)(C)C)C(=O)C(=O)NC1CC1. The van der Waals surface area contributed by atoms with E-state index in [0.717, 1.165) is 37.7 Å². The van der Waals surface area contributed by atoms with E-state index in [1.807, 2.05) is 37.3 Å². The van der Waals surface area contributed by atoms with Crippen LogP contribution in [-0.4, -0.2) is 99.6 Å². The molecule has 1 aromatic heterocycles. The molecule has 2 aromatic rings.